The highest BCUT2D eigenvalue weighted by Gasteiger charge is 2.33. The van der Waals surface area contributed by atoms with Gasteiger partial charge in [-0.05, 0) is 36.4 Å². The number of pyridine rings is 1. The van der Waals surface area contributed by atoms with Crippen LogP contribution in [-0.2, 0) is 0 Å². The van der Waals surface area contributed by atoms with E-state index in [0.29, 0.717) is 39.8 Å². The number of anilines is 1. The highest BCUT2D eigenvalue weighted by molar-refractivity contribution is 6.02. The third-order valence-corrected chi connectivity index (χ3v) is 6.49. The van der Waals surface area contributed by atoms with E-state index in [1.165, 1.54) is 12.4 Å². The standard InChI is InChI=1S/C25H20FN5O/c1-2-14-4-3-5-15-8-18(32)9-19(21(14)15)23-22(26)24-20(10-27-23)25(29-13-28-24)31-11-16-6-7-17(12-31)30-16/h1,3-5,8-10,13,16-17,30,32H,6-7,11-12H2/t16-,17+. The quantitative estimate of drug-likeness (QED) is 0.478. The molecule has 158 valence electrons. The van der Waals surface area contributed by atoms with Crippen LogP contribution in [0.3, 0.4) is 0 Å². The Balaban J connectivity index is 1.54. The molecule has 0 radical (unpaired) electrons. The average Bonchev–Trinajstić information content (AvgIpc) is 3.15. The zero-order valence-electron chi connectivity index (χ0n) is 17.2. The molecule has 2 aromatic heterocycles. The predicted octanol–water partition coefficient (Wildman–Crippen LogP) is 3.61. The van der Waals surface area contributed by atoms with Crippen LogP contribution < -0.4 is 10.2 Å². The van der Waals surface area contributed by atoms with Gasteiger partial charge in [0, 0.05) is 47.9 Å². The first-order chi connectivity index (χ1) is 15.6. The van der Waals surface area contributed by atoms with Crippen LogP contribution in [0.25, 0.3) is 32.9 Å². The number of hydrogen-bond donors (Lipinski definition) is 2. The summed E-state index contributed by atoms with van der Waals surface area (Å²) in [5.74, 6) is 2.82. The molecule has 0 spiro atoms. The molecule has 2 aliphatic rings. The molecule has 32 heavy (non-hydrogen) atoms. The van der Waals surface area contributed by atoms with Crippen LogP contribution in [0.15, 0.2) is 42.9 Å². The maximum Gasteiger partial charge on any atom is 0.175 e. The molecule has 0 aliphatic carbocycles. The second-order valence-electron chi connectivity index (χ2n) is 8.46. The Morgan fingerprint density at radius 2 is 1.94 bits per heavy atom. The maximum atomic E-state index is 15.8. The first-order valence-electron chi connectivity index (χ1n) is 10.7. The second kappa shape index (κ2) is 7.14. The molecule has 0 unspecified atom stereocenters. The van der Waals surface area contributed by atoms with E-state index >= 15 is 4.39 Å². The van der Waals surface area contributed by atoms with E-state index < -0.39 is 5.82 Å². The van der Waals surface area contributed by atoms with Crippen LogP contribution in [0.4, 0.5) is 10.2 Å². The molecule has 4 aromatic rings. The van der Waals surface area contributed by atoms with Crippen LogP contribution in [0.2, 0.25) is 0 Å². The smallest absolute Gasteiger partial charge is 0.175 e. The lowest BCUT2D eigenvalue weighted by atomic mass is 9.96. The third-order valence-electron chi connectivity index (χ3n) is 6.49. The van der Waals surface area contributed by atoms with Crippen molar-refractivity contribution in [1.82, 2.24) is 20.3 Å². The first-order valence-corrected chi connectivity index (χ1v) is 10.7. The minimum Gasteiger partial charge on any atom is -0.508 e. The fraction of sp³-hybridized carbons (Fsp3) is 0.240. The van der Waals surface area contributed by atoms with Gasteiger partial charge in [0.2, 0.25) is 0 Å². The average molecular weight is 425 g/mol. The minimum atomic E-state index is -0.553. The SMILES string of the molecule is C#Cc1cccc2cc(O)cc(-c3ncc4c(N5C[C@H]6CC[C@@H](C5)N6)ncnc4c3F)c12. The van der Waals surface area contributed by atoms with Gasteiger partial charge in [0.25, 0.3) is 0 Å². The summed E-state index contributed by atoms with van der Waals surface area (Å²) in [5.41, 5.74) is 1.36. The molecule has 0 amide bonds. The lowest BCUT2D eigenvalue weighted by Crippen LogP contribution is -2.51. The second-order valence-corrected chi connectivity index (χ2v) is 8.46. The van der Waals surface area contributed by atoms with E-state index in [4.69, 9.17) is 6.42 Å². The number of nitrogens with one attached hydrogen (secondary N) is 1. The van der Waals surface area contributed by atoms with Crippen molar-refractivity contribution in [2.24, 2.45) is 0 Å². The Bertz CT molecular complexity index is 1420. The summed E-state index contributed by atoms with van der Waals surface area (Å²) in [4.78, 5) is 15.4. The molecule has 7 heteroatoms. The molecule has 2 bridgehead atoms. The molecule has 2 aromatic carbocycles. The summed E-state index contributed by atoms with van der Waals surface area (Å²) >= 11 is 0. The van der Waals surface area contributed by atoms with Gasteiger partial charge >= 0.3 is 0 Å². The zero-order chi connectivity index (χ0) is 21.8. The molecule has 2 aliphatic heterocycles. The van der Waals surface area contributed by atoms with Crippen LogP contribution in [0.5, 0.6) is 5.75 Å². The van der Waals surface area contributed by atoms with Crippen molar-refractivity contribution < 1.29 is 9.50 Å². The lowest BCUT2D eigenvalue weighted by molar-refractivity contribution is 0.464. The van der Waals surface area contributed by atoms with E-state index in [9.17, 15) is 5.11 Å². The van der Waals surface area contributed by atoms with Crippen LogP contribution in [0.1, 0.15) is 18.4 Å². The summed E-state index contributed by atoms with van der Waals surface area (Å²) in [5, 5.41) is 15.8. The largest absolute Gasteiger partial charge is 0.508 e. The highest BCUT2D eigenvalue weighted by Crippen LogP contribution is 2.37. The third kappa shape index (κ3) is 2.88. The molecule has 2 N–H and O–H groups in total. The Labute approximate surface area is 184 Å². The van der Waals surface area contributed by atoms with E-state index in [1.54, 1.807) is 18.3 Å². The molecular weight excluding hydrogens is 405 g/mol. The van der Waals surface area contributed by atoms with Gasteiger partial charge in [0.05, 0.1) is 5.39 Å². The van der Waals surface area contributed by atoms with Gasteiger partial charge < -0.3 is 15.3 Å². The van der Waals surface area contributed by atoms with Crippen molar-refractivity contribution in [3.05, 3.63) is 54.2 Å². The maximum absolute atomic E-state index is 15.8. The number of rotatable bonds is 2. The van der Waals surface area contributed by atoms with Crippen molar-refractivity contribution in [2.45, 2.75) is 24.9 Å². The first kappa shape index (κ1) is 19.0. The van der Waals surface area contributed by atoms with Gasteiger partial charge in [-0.3, -0.25) is 4.98 Å². The number of terminal acetylenes is 1. The normalized spacial score (nSPS) is 20.1. The van der Waals surface area contributed by atoms with Crippen molar-refractivity contribution in [3.8, 4) is 29.4 Å². The lowest BCUT2D eigenvalue weighted by Gasteiger charge is -2.34. The van der Waals surface area contributed by atoms with Crippen LogP contribution in [-0.4, -0.2) is 45.2 Å². The van der Waals surface area contributed by atoms with E-state index in [-0.39, 0.29) is 17.0 Å². The van der Waals surface area contributed by atoms with Gasteiger partial charge in [0.15, 0.2) is 5.82 Å². The van der Waals surface area contributed by atoms with E-state index in [2.05, 4.69) is 31.1 Å². The van der Waals surface area contributed by atoms with Crippen molar-refractivity contribution in [3.63, 3.8) is 0 Å². The monoisotopic (exact) mass is 425 g/mol. The van der Waals surface area contributed by atoms with Gasteiger partial charge in [-0.2, -0.15) is 0 Å². The fourth-order valence-corrected chi connectivity index (χ4v) is 5.11. The summed E-state index contributed by atoms with van der Waals surface area (Å²) in [7, 11) is 0. The van der Waals surface area contributed by atoms with Gasteiger partial charge in [-0.15, -0.1) is 6.42 Å². The molecule has 2 saturated heterocycles. The fourth-order valence-electron chi connectivity index (χ4n) is 5.11. The number of aromatic nitrogens is 3. The van der Waals surface area contributed by atoms with Crippen molar-refractivity contribution >= 4 is 27.5 Å². The summed E-state index contributed by atoms with van der Waals surface area (Å²) in [6.45, 7) is 1.66. The van der Waals surface area contributed by atoms with E-state index in [0.717, 1.165) is 31.3 Å². The number of halogens is 1. The number of hydrogen-bond acceptors (Lipinski definition) is 6. The minimum absolute atomic E-state index is 0.0163. The summed E-state index contributed by atoms with van der Waals surface area (Å²) in [6, 6.07) is 9.39. The molecule has 6 nitrogen and oxygen atoms in total. The number of piperazine rings is 1. The van der Waals surface area contributed by atoms with Crippen LogP contribution in [0, 0.1) is 18.2 Å². The number of nitrogens with zero attached hydrogens (tertiary/aromatic N) is 4. The summed E-state index contributed by atoms with van der Waals surface area (Å²) in [6.07, 6.45) is 11.0. The summed E-state index contributed by atoms with van der Waals surface area (Å²) < 4.78 is 15.8. The van der Waals surface area contributed by atoms with Crippen molar-refractivity contribution in [2.75, 3.05) is 18.0 Å². The van der Waals surface area contributed by atoms with E-state index in [1.807, 2.05) is 12.1 Å². The Morgan fingerprint density at radius 3 is 2.72 bits per heavy atom. The number of aromatic hydroxyl groups is 1. The topological polar surface area (TPSA) is 74.2 Å². The Kier molecular flexibility index (Phi) is 4.23. The van der Waals surface area contributed by atoms with Crippen LogP contribution >= 0.6 is 0 Å². The number of phenolic OH excluding ortho intramolecular Hbond substituents is 1. The zero-order valence-corrected chi connectivity index (χ0v) is 17.2. The highest BCUT2D eigenvalue weighted by atomic mass is 19.1. The van der Waals surface area contributed by atoms with Crippen molar-refractivity contribution in [1.29, 1.82) is 0 Å². The molecular formula is C25H20FN5O. The molecule has 6 rings (SSSR count). The predicted molar refractivity (Wildman–Crippen MR) is 122 cm³/mol. The number of fused-ring (bicyclic) bond motifs is 4. The molecule has 2 fully saturated rings. The number of phenols is 1. The van der Waals surface area contributed by atoms with Gasteiger partial charge in [0.1, 0.15) is 29.1 Å². The van der Waals surface area contributed by atoms with Gasteiger partial charge in [-0.1, -0.05) is 18.1 Å². The van der Waals surface area contributed by atoms with Gasteiger partial charge in [-0.25, -0.2) is 14.4 Å². The Hall–Kier alpha value is -3.76. The molecule has 4 heterocycles. The Morgan fingerprint density at radius 1 is 1.12 bits per heavy atom. The molecule has 2 atom stereocenters. The molecule has 0 saturated carbocycles. The number of benzene rings is 2.